The Morgan fingerprint density at radius 2 is 2.35 bits per heavy atom. The van der Waals surface area contributed by atoms with Crippen molar-refractivity contribution in [2.45, 2.75) is 19.4 Å². The third-order valence-electron chi connectivity index (χ3n) is 3.14. The summed E-state index contributed by atoms with van der Waals surface area (Å²) in [5, 5.41) is 3.43. The van der Waals surface area contributed by atoms with Crippen molar-refractivity contribution < 1.29 is 0 Å². The molecule has 1 aromatic rings. The minimum absolute atomic E-state index is 0.536. The summed E-state index contributed by atoms with van der Waals surface area (Å²) in [6.45, 7) is 5.30. The van der Waals surface area contributed by atoms with Gasteiger partial charge in [-0.15, -0.1) is 0 Å². The van der Waals surface area contributed by atoms with E-state index in [9.17, 15) is 0 Å². The Morgan fingerprint density at radius 1 is 1.53 bits per heavy atom. The highest BCUT2D eigenvalue weighted by molar-refractivity contribution is 5.44. The lowest BCUT2D eigenvalue weighted by molar-refractivity contribution is 0.463. The molecular weight excluding hydrogens is 214 g/mol. The van der Waals surface area contributed by atoms with Crippen molar-refractivity contribution in [1.82, 2.24) is 15.3 Å². The summed E-state index contributed by atoms with van der Waals surface area (Å²) in [7, 11) is 3.93. The molecule has 0 radical (unpaired) electrons. The van der Waals surface area contributed by atoms with E-state index in [4.69, 9.17) is 0 Å². The summed E-state index contributed by atoms with van der Waals surface area (Å²) in [5.41, 5.74) is 0. The van der Waals surface area contributed by atoms with Gasteiger partial charge >= 0.3 is 0 Å². The number of aromatic nitrogens is 2. The second-order valence-electron chi connectivity index (χ2n) is 4.57. The SMILES string of the molecule is CCC1CNCCN1c1ccnc(N(C)C)n1. The first-order valence-corrected chi connectivity index (χ1v) is 6.20. The fourth-order valence-corrected chi connectivity index (χ4v) is 2.14. The predicted molar refractivity (Wildman–Crippen MR) is 70.7 cm³/mol. The average molecular weight is 235 g/mol. The minimum atomic E-state index is 0.536. The zero-order valence-corrected chi connectivity index (χ0v) is 10.8. The number of hydrogen-bond donors (Lipinski definition) is 1. The molecule has 1 aliphatic heterocycles. The van der Waals surface area contributed by atoms with Crippen molar-refractivity contribution in [2.75, 3.05) is 43.5 Å². The zero-order chi connectivity index (χ0) is 12.3. The van der Waals surface area contributed by atoms with Crippen molar-refractivity contribution >= 4 is 11.8 Å². The molecule has 0 amide bonds. The van der Waals surface area contributed by atoms with Gasteiger partial charge in [0.2, 0.25) is 5.95 Å². The van der Waals surface area contributed by atoms with E-state index in [-0.39, 0.29) is 0 Å². The molecule has 1 aliphatic rings. The molecular formula is C12H21N5. The fraction of sp³-hybridized carbons (Fsp3) is 0.667. The van der Waals surface area contributed by atoms with Gasteiger partial charge in [0, 0.05) is 46.0 Å². The molecule has 0 aliphatic carbocycles. The van der Waals surface area contributed by atoms with Crippen LogP contribution in [0.2, 0.25) is 0 Å². The molecule has 1 atom stereocenters. The van der Waals surface area contributed by atoms with E-state index in [0.29, 0.717) is 6.04 Å². The Labute approximate surface area is 103 Å². The third kappa shape index (κ3) is 2.66. The van der Waals surface area contributed by atoms with Crippen LogP contribution in [-0.4, -0.2) is 49.7 Å². The van der Waals surface area contributed by atoms with Crippen LogP contribution >= 0.6 is 0 Å². The van der Waals surface area contributed by atoms with E-state index in [1.807, 2.05) is 31.3 Å². The molecule has 1 saturated heterocycles. The maximum atomic E-state index is 4.61. The maximum absolute atomic E-state index is 4.61. The first-order chi connectivity index (χ1) is 8.22. The number of hydrogen-bond acceptors (Lipinski definition) is 5. The molecule has 0 aromatic carbocycles. The topological polar surface area (TPSA) is 44.3 Å². The van der Waals surface area contributed by atoms with Crippen molar-refractivity contribution in [2.24, 2.45) is 0 Å². The lowest BCUT2D eigenvalue weighted by Crippen LogP contribution is -2.51. The Morgan fingerprint density at radius 3 is 3.06 bits per heavy atom. The lowest BCUT2D eigenvalue weighted by Gasteiger charge is -2.36. The number of nitrogens with zero attached hydrogens (tertiary/aromatic N) is 4. The molecule has 94 valence electrons. The Kier molecular flexibility index (Phi) is 3.78. The van der Waals surface area contributed by atoms with Crippen LogP contribution < -0.4 is 15.1 Å². The van der Waals surface area contributed by atoms with Crippen LogP contribution in [-0.2, 0) is 0 Å². The quantitative estimate of drug-likeness (QED) is 0.837. The number of nitrogens with one attached hydrogen (secondary N) is 1. The first kappa shape index (κ1) is 12.1. The second-order valence-corrected chi connectivity index (χ2v) is 4.57. The van der Waals surface area contributed by atoms with Crippen molar-refractivity contribution in [3.8, 4) is 0 Å². The van der Waals surface area contributed by atoms with E-state index in [1.165, 1.54) is 0 Å². The number of piperazine rings is 1. The average Bonchev–Trinajstić information content (AvgIpc) is 2.39. The molecule has 0 spiro atoms. The van der Waals surface area contributed by atoms with Gasteiger partial charge < -0.3 is 15.1 Å². The van der Waals surface area contributed by atoms with Gasteiger partial charge in [0.05, 0.1) is 0 Å². The smallest absolute Gasteiger partial charge is 0.226 e. The van der Waals surface area contributed by atoms with Gasteiger partial charge in [0.1, 0.15) is 5.82 Å². The second kappa shape index (κ2) is 5.31. The van der Waals surface area contributed by atoms with Crippen LogP contribution in [0, 0.1) is 0 Å². The van der Waals surface area contributed by atoms with Gasteiger partial charge in [-0.1, -0.05) is 6.92 Å². The van der Waals surface area contributed by atoms with Crippen molar-refractivity contribution in [3.63, 3.8) is 0 Å². The Bertz CT molecular complexity index is 366. The van der Waals surface area contributed by atoms with Crippen molar-refractivity contribution in [1.29, 1.82) is 0 Å². The molecule has 1 N–H and O–H groups in total. The minimum Gasteiger partial charge on any atom is -0.351 e. The lowest BCUT2D eigenvalue weighted by atomic mass is 10.1. The standard InChI is InChI=1S/C12H21N5/c1-4-10-9-13-7-8-17(10)11-5-6-14-12(15-11)16(2)3/h5-6,10,13H,4,7-9H2,1-3H3. The molecule has 1 unspecified atom stereocenters. The predicted octanol–water partition coefficient (Wildman–Crippen LogP) is 0.731. The van der Waals surface area contributed by atoms with E-state index in [2.05, 4.69) is 27.1 Å². The first-order valence-electron chi connectivity index (χ1n) is 6.20. The van der Waals surface area contributed by atoms with E-state index < -0.39 is 0 Å². The van der Waals surface area contributed by atoms with Gasteiger partial charge in [-0.05, 0) is 12.5 Å². The summed E-state index contributed by atoms with van der Waals surface area (Å²) < 4.78 is 0. The number of anilines is 2. The molecule has 5 nitrogen and oxygen atoms in total. The van der Waals surface area contributed by atoms with Crippen LogP contribution in [0.1, 0.15) is 13.3 Å². The highest BCUT2D eigenvalue weighted by Crippen LogP contribution is 2.18. The third-order valence-corrected chi connectivity index (χ3v) is 3.14. The molecule has 1 fully saturated rings. The van der Waals surface area contributed by atoms with Crippen molar-refractivity contribution in [3.05, 3.63) is 12.3 Å². The summed E-state index contributed by atoms with van der Waals surface area (Å²) >= 11 is 0. The van der Waals surface area contributed by atoms with Gasteiger partial charge in [-0.2, -0.15) is 4.98 Å². The van der Waals surface area contributed by atoms with Gasteiger partial charge in [-0.3, -0.25) is 0 Å². The van der Waals surface area contributed by atoms with Crippen LogP contribution in [0.15, 0.2) is 12.3 Å². The van der Waals surface area contributed by atoms with Crippen LogP contribution in [0.5, 0.6) is 0 Å². The van der Waals surface area contributed by atoms with Crippen LogP contribution in [0.4, 0.5) is 11.8 Å². The molecule has 0 bridgehead atoms. The van der Waals surface area contributed by atoms with E-state index in [0.717, 1.165) is 37.8 Å². The Balaban J connectivity index is 2.22. The maximum Gasteiger partial charge on any atom is 0.226 e. The van der Waals surface area contributed by atoms with E-state index >= 15 is 0 Å². The molecule has 17 heavy (non-hydrogen) atoms. The van der Waals surface area contributed by atoms with Crippen LogP contribution in [0.3, 0.4) is 0 Å². The zero-order valence-electron chi connectivity index (χ0n) is 10.8. The molecule has 1 aromatic heterocycles. The molecule has 2 heterocycles. The molecule has 0 saturated carbocycles. The van der Waals surface area contributed by atoms with E-state index in [1.54, 1.807) is 0 Å². The monoisotopic (exact) mass is 235 g/mol. The Hall–Kier alpha value is -1.36. The summed E-state index contributed by atoms with van der Waals surface area (Å²) in [6.07, 6.45) is 2.97. The molecule has 2 rings (SSSR count). The van der Waals surface area contributed by atoms with Gasteiger partial charge in [0.15, 0.2) is 0 Å². The largest absolute Gasteiger partial charge is 0.351 e. The normalized spacial score (nSPS) is 20.4. The molecule has 5 heteroatoms. The van der Waals surface area contributed by atoms with Gasteiger partial charge in [-0.25, -0.2) is 4.98 Å². The summed E-state index contributed by atoms with van der Waals surface area (Å²) in [5.74, 6) is 1.81. The number of rotatable bonds is 3. The highest BCUT2D eigenvalue weighted by Gasteiger charge is 2.22. The van der Waals surface area contributed by atoms with Gasteiger partial charge in [0.25, 0.3) is 0 Å². The summed E-state index contributed by atoms with van der Waals surface area (Å²) in [4.78, 5) is 13.2. The fourth-order valence-electron chi connectivity index (χ4n) is 2.14. The van der Waals surface area contributed by atoms with Crippen LogP contribution in [0.25, 0.3) is 0 Å². The summed E-state index contributed by atoms with van der Waals surface area (Å²) in [6, 6.07) is 2.54. The highest BCUT2D eigenvalue weighted by atomic mass is 15.3.